The summed E-state index contributed by atoms with van der Waals surface area (Å²) < 4.78 is 0. The van der Waals surface area contributed by atoms with Gasteiger partial charge in [0, 0.05) is 0 Å². The third-order valence-electron chi connectivity index (χ3n) is 2.26. The molecular formula is C11H19O2. The summed E-state index contributed by atoms with van der Waals surface area (Å²) >= 11 is 0. The Balaban J connectivity index is 0. The van der Waals surface area contributed by atoms with Crippen molar-refractivity contribution in [1.29, 1.82) is 0 Å². The van der Waals surface area contributed by atoms with Crippen LogP contribution in [0.25, 0.3) is 0 Å². The molecule has 1 aliphatic rings. The van der Waals surface area contributed by atoms with Gasteiger partial charge in [-0.3, -0.25) is 4.79 Å². The summed E-state index contributed by atoms with van der Waals surface area (Å²) in [6, 6.07) is 0. The van der Waals surface area contributed by atoms with Crippen LogP contribution in [0, 0.1) is 20.8 Å². The van der Waals surface area contributed by atoms with Gasteiger partial charge in [0.25, 0.3) is 0 Å². The molecule has 2 nitrogen and oxygen atoms in total. The van der Waals surface area contributed by atoms with Gasteiger partial charge in [-0.15, -0.1) is 0 Å². The Bertz CT molecular complexity index is 124. The molecule has 0 aromatic heterocycles. The van der Waals surface area contributed by atoms with E-state index in [2.05, 4.69) is 0 Å². The van der Waals surface area contributed by atoms with Crippen LogP contribution in [0.2, 0.25) is 0 Å². The molecular weight excluding hydrogens is 164 g/mol. The van der Waals surface area contributed by atoms with Crippen LogP contribution in [-0.2, 0) is 4.79 Å². The molecule has 0 spiro atoms. The van der Waals surface area contributed by atoms with Gasteiger partial charge >= 0.3 is 5.97 Å². The first-order valence-electron chi connectivity index (χ1n) is 4.38. The summed E-state index contributed by atoms with van der Waals surface area (Å²) in [5.74, 6) is 0.0663. The lowest BCUT2D eigenvalue weighted by Gasteiger charge is -2.13. The van der Waals surface area contributed by atoms with Crippen LogP contribution in [0.3, 0.4) is 0 Å². The molecule has 1 rings (SSSR count). The summed E-state index contributed by atoms with van der Waals surface area (Å²) in [5, 5.41) is 8.72. The van der Waals surface area contributed by atoms with E-state index in [1.165, 1.54) is 19.3 Å². The van der Waals surface area contributed by atoms with Crippen LogP contribution in [0.1, 0.15) is 44.9 Å². The van der Waals surface area contributed by atoms with Crippen LogP contribution in [0.5, 0.6) is 0 Å². The average Bonchev–Trinajstić information content (AvgIpc) is 1.84. The van der Waals surface area contributed by atoms with Gasteiger partial charge in [0.15, 0.2) is 0 Å². The predicted octanol–water partition coefficient (Wildman–Crippen LogP) is 3.04. The van der Waals surface area contributed by atoms with Crippen molar-refractivity contribution in [3.63, 3.8) is 0 Å². The van der Waals surface area contributed by atoms with E-state index in [-0.39, 0.29) is 14.9 Å². The Morgan fingerprint density at radius 3 is 1.69 bits per heavy atom. The molecule has 0 aromatic carbocycles. The average molecular weight is 183 g/mol. The molecule has 0 unspecified atom stereocenters. The highest BCUT2D eigenvalue weighted by Crippen LogP contribution is 2.23. The fourth-order valence-electron chi connectivity index (χ4n) is 1.55. The zero-order chi connectivity index (χ0) is 8.10. The highest BCUT2D eigenvalue weighted by atomic mass is 16.4. The second-order valence-electron chi connectivity index (χ2n) is 3.18. The lowest BCUT2D eigenvalue weighted by molar-refractivity contribution is -0.135. The van der Waals surface area contributed by atoms with Crippen molar-refractivity contribution in [2.75, 3.05) is 0 Å². The van der Waals surface area contributed by atoms with Crippen molar-refractivity contribution in [3.05, 3.63) is 20.8 Å². The minimum absolute atomic E-state index is 0. The van der Waals surface area contributed by atoms with Crippen LogP contribution in [0.15, 0.2) is 0 Å². The maximum atomic E-state index is 10.6. The quantitative estimate of drug-likeness (QED) is 0.678. The van der Waals surface area contributed by atoms with E-state index in [9.17, 15) is 4.79 Å². The van der Waals surface area contributed by atoms with Crippen LogP contribution >= 0.6 is 0 Å². The number of carbonyl (C=O) groups is 1. The van der Waals surface area contributed by atoms with Crippen molar-refractivity contribution >= 4 is 5.97 Å². The largest absolute Gasteiger partial charge is 0.481 e. The number of carboxylic acid groups (broad SMARTS) is 1. The van der Waals surface area contributed by atoms with Crippen molar-refractivity contribution in [3.8, 4) is 0 Å². The zero-order valence-electron chi connectivity index (χ0n) is 8.22. The smallest absolute Gasteiger partial charge is 0.310 e. The molecule has 1 fully saturated rings. The highest BCUT2D eigenvalue weighted by molar-refractivity contribution is 5.82. The molecule has 0 amide bonds. The van der Waals surface area contributed by atoms with Gasteiger partial charge in [0.05, 0.1) is 5.92 Å². The molecule has 0 aliphatic heterocycles. The minimum atomic E-state index is -0.674. The van der Waals surface area contributed by atoms with Crippen molar-refractivity contribution < 1.29 is 9.90 Å². The topological polar surface area (TPSA) is 37.3 Å². The van der Waals surface area contributed by atoms with E-state index >= 15 is 0 Å². The van der Waals surface area contributed by atoms with E-state index in [1.807, 2.05) is 0 Å². The van der Waals surface area contributed by atoms with Crippen LogP contribution in [0.4, 0.5) is 0 Å². The molecule has 75 valence electrons. The Morgan fingerprint density at radius 2 is 1.31 bits per heavy atom. The van der Waals surface area contributed by atoms with E-state index in [4.69, 9.17) is 5.11 Å². The third kappa shape index (κ3) is 5.67. The second kappa shape index (κ2) is 8.09. The Hall–Kier alpha value is -0.530. The Kier molecular flexibility index (Phi) is 9.31. The van der Waals surface area contributed by atoms with E-state index in [0.29, 0.717) is 0 Å². The fourth-order valence-corrected chi connectivity index (χ4v) is 1.55. The standard InChI is InChI=1S/C9H15O2.2CH2/c10-9(11)8-6-4-2-1-3-5-7-8;;/h1-7H2,(H,10,11);2*1H2. The van der Waals surface area contributed by atoms with Crippen LogP contribution in [-0.4, -0.2) is 11.1 Å². The SMILES string of the molecule is O=C(O)[C]1CCCCCCC1.[CH2].[CH2]. The summed E-state index contributed by atoms with van der Waals surface area (Å²) in [5.41, 5.74) is 0. The Morgan fingerprint density at radius 1 is 0.923 bits per heavy atom. The maximum absolute atomic E-state index is 10.6. The van der Waals surface area contributed by atoms with Crippen molar-refractivity contribution in [2.45, 2.75) is 44.9 Å². The molecule has 0 atom stereocenters. The van der Waals surface area contributed by atoms with Gasteiger partial charge < -0.3 is 5.11 Å². The number of hydrogen-bond acceptors (Lipinski definition) is 1. The summed E-state index contributed by atoms with van der Waals surface area (Å²) in [7, 11) is 0. The lowest BCUT2D eigenvalue weighted by Crippen LogP contribution is -2.12. The lowest BCUT2D eigenvalue weighted by atomic mass is 9.91. The summed E-state index contributed by atoms with van der Waals surface area (Å²) in [6.45, 7) is 0. The normalized spacial score (nSPS) is 18.8. The first-order valence-corrected chi connectivity index (χ1v) is 4.38. The van der Waals surface area contributed by atoms with Gasteiger partial charge in [-0.05, 0) is 12.8 Å². The minimum Gasteiger partial charge on any atom is -0.481 e. The number of rotatable bonds is 1. The fraction of sp³-hybridized carbons (Fsp3) is 0.636. The van der Waals surface area contributed by atoms with Gasteiger partial charge in [0.2, 0.25) is 0 Å². The zero-order valence-corrected chi connectivity index (χ0v) is 8.22. The molecule has 1 saturated carbocycles. The maximum Gasteiger partial charge on any atom is 0.310 e. The van der Waals surface area contributed by atoms with E-state index < -0.39 is 5.97 Å². The van der Waals surface area contributed by atoms with Gasteiger partial charge in [0.1, 0.15) is 0 Å². The van der Waals surface area contributed by atoms with Gasteiger partial charge in [-0.1, -0.05) is 47.0 Å². The Labute approximate surface area is 82.4 Å². The predicted molar refractivity (Wildman–Crippen MR) is 53.9 cm³/mol. The first kappa shape index (κ1) is 15.0. The summed E-state index contributed by atoms with van der Waals surface area (Å²) in [4.78, 5) is 10.6. The first-order chi connectivity index (χ1) is 5.30. The molecule has 0 saturated heterocycles. The molecule has 5 radical (unpaired) electrons. The van der Waals surface area contributed by atoms with Crippen molar-refractivity contribution in [1.82, 2.24) is 0 Å². The summed E-state index contributed by atoms with van der Waals surface area (Å²) in [6.07, 6.45) is 7.47. The number of hydrogen-bond donors (Lipinski definition) is 1. The van der Waals surface area contributed by atoms with Gasteiger partial charge in [-0.25, -0.2) is 0 Å². The van der Waals surface area contributed by atoms with Crippen LogP contribution < -0.4 is 0 Å². The van der Waals surface area contributed by atoms with Crippen molar-refractivity contribution in [2.24, 2.45) is 0 Å². The van der Waals surface area contributed by atoms with Gasteiger partial charge in [-0.2, -0.15) is 0 Å². The van der Waals surface area contributed by atoms with E-state index in [1.54, 1.807) is 0 Å². The highest BCUT2D eigenvalue weighted by Gasteiger charge is 2.18. The molecule has 1 N–H and O–H groups in total. The molecule has 2 heteroatoms. The monoisotopic (exact) mass is 183 g/mol. The second-order valence-corrected chi connectivity index (χ2v) is 3.18. The molecule has 13 heavy (non-hydrogen) atoms. The third-order valence-corrected chi connectivity index (χ3v) is 2.26. The molecule has 0 aromatic rings. The molecule has 0 bridgehead atoms. The van der Waals surface area contributed by atoms with E-state index in [0.717, 1.165) is 31.6 Å². The number of aliphatic carboxylic acids is 1. The molecule has 0 heterocycles. The number of carboxylic acids is 1. The molecule has 1 aliphatic carbocycles.